The zero-order valence-corrected chi connectivity index (χ0v) is 15.0. The summed E-state index contributed by atoms with van der Waals surface area (Å²) in [6.07, 6.45) is 16.6. The van der Waals surface area contributed by atoms with Gasteiger partial charge in [0.2, 0.25) is 0 Å². The van der Waals surface area contributed by atoms with Gasteiger partial charge in [0.1, 0.15) is 0 Å². The zero-order valence-electron chi connectivity index (χ0n) is 15.0. The topological polar surface area (TPSA) is 46.5 Å². The average molecular weight is 325 g/mol. The molecule has 1 fully saturated rings. The van der Waals surface area contributed by atoms with Crippen molar-refractivity contribution in [2.24, 2.45) is 0 Å². The van der Waals surface area contributed by atoms with Gasteiger partial charge in [-0.1, -0.05) is 77.7 Å². The lowest BCUT2D eigenvalue weighted by molar-refractivity contribution is -0.133. The Morgan fingerprint density at radius 2 is 1.61 bits per heavy atom. The quantitative estimate of drug-likeness (QED) is 0.448. The molecule has 0 aliphatic carbocycles. The summed E-state index contributed by atoms with van der Waals surface area (Å²) >= 11 is 0. The Bertz CT molecular complexity index is 338. The van der Waals surface area contributed by atoms with Crippen LogP contribution in [0.25, 0.3) is 0 Å². The van der Waals surface area contributed by atoms with Gasteiger partial charge in [-0.05, 0) is 19.3 Å². The van der Waals surface area contributed by atoms with E-state index in [1.807, 2.05) is 0 Å². The van der Waals surface area contributed by atoms with Crippen LogP contribution in [0.1, 0.15) is 96.8 Å². The Labute approximate surface area is 142 Å². The first kappa shape index (κ1) is 20.2. The lowest BCUT2D eigenvalue weighted by Crippen LogP contribution is -2.24. The number of hydrogen-bond donors (Lipinski definition) is 1. The smallest absolute Gasteiger partial charge is 0.331 e. The van der Waals surface area contributed by atoms with Gasteiger partial charge in [-0.25, -0.2) is 4.79 Å². The van der Waals surface area contributed by atoms with Crippen LogP contribution in [0.15, 0.2) is 12.2 Å². The number of carboxylic acids is 1. The van der Waals surface area contributed by atoms with Crippen LogP contribution in [0.4, 0.5) is 0 Å². The molecule has 0 aromatic heterocycles. The van der Waals surface area contributed by atoms with Gasteiger partial charge >= 0.3 is 5.97 Å². The van der Waals surface area contributed by atoms with Crippen molar-refractivity contribution < 1.29 is 14.6 Å². The van der Waals surface area contributed by atoms with Crippen molar-refractivity contribution in [3.8, 4) is 0 Å². The number of unbranched alkanes of at least 4 members (excludes halogenated alkanes) is 3. The molecule has 0 amide bonds. The molecule has 1 rings (SSSR count). The van der Waals surface area contributed by atoms with Crippen molar-refractivity contribution in [1.29, 1.82) is 0 Å². The maximum Gasteiger partial charge on any atom is 0.331 e. The summed E-state index contributed by atoms with van der Waals surface area (Å²) in [7, 11) is 0. The molecule has 0 spiro atoms. The lowest BCUT2D eigenvalue weighted by atomic mass is 10.0. The van der Waals surface area contributed by atoms with E-state index in [1.165, 1.54) is 57.8 Å². The van der Waals surface area contributed by atoms with Crippen LogP contribution in [0.2, 0.25) is 0 Å². The molecule has 1 saturated heterocycles. The molecule has 0 aromatic rings. The fraction of sp³-hybridized carbons (Fsp3) is 0.850. The monoisotopic (exact) mass is 324 g/mol. The molecular formula is C20H36O3. The molecule has 1 aliphatic heterocycles. The SMILES string of the molecule is C=C(CC1CCCCCCCCC(CCCCCC)O1)C(=O)O. The number of aliphatic carboxylic acids is 1. The van der Waals surface area contributed by atoms with Crippen LogP contribution in [0.3, 0.4) is 0 Å². The molecule has 0 bridgehead atoms. The van der Waals surface area contributed by atoms with E-state index in [2.05, 4.69) is 13.5 Å². The number of carboxylic acid groups (broad SMARTS) is 1. The van der Waals surface area contributed by atoms with Crippen LogP contribution < -0.4 is 0 Å². The van der Waals surface area contributed by atoms with Gasteiger partial charge in [0.25, 0.3) is 0 Å². The van der Waals surface area contributed by atoms with Crippen LogP contribution in [0, 0.1) is 0 Å². The van der Waals surface area contributed by atoms with E-state index in [1.54, 1.807) is 0 Å². The van der Waals surface area contributed by atoms with Gasteiger partial charge in [-0.2, -0.15) is 0 Å². The van der Waals surface area contributed by atoms with Crippen molar-refractivity contribution in [2.75, 3.05) is 0 Å². The Morgan fingerprint density at radius 3 is 2.22 bits per heavy atom. The molecule has 2 unspecified atom stereocenters. The highest BCUT2D eigenvalue weighted by Crippen LogP contribution is 2.24. The van der Waals surface area contributed by atoms with Crippen LogP contribution >= 0.6 is 0 Å². The van der Waals surface area contributed by atoms with Gasteiger partial charge in [-0.15, -0.1) is 0 Å². The van der Waals surface area contributed by atoms with Crippen LogP contribution in [-0.2, 0) is 9.53 Å². The van der Waals surface area contributed by atoms with Gasteiger partial charge in [-0.3, -0.25) is 0 Å². The van der Waals surface area contributed by atoms with E-state index in [4.69, 9.17) is 9.84 Å². The van der Waals surface area contributed by atoms with Crippen molar-refractivity contribution in [3.05, 3.63) is 12.2 Å². The summed E-state index contributed by atoms with van der Waals surface area (Å²) in [5, 5.41) is 9.10. The van der Waals surface area contributed by atoms with E-state index in [9.17, 15) is 4.79 Å². The second kappa shape index (κ2) is 12.6. The zero-order chi connectivity index (χ0) is 16.9. The maximum atomic E-state index is 11.1. The second-order valence-electron chi connectivity index (χ2n) is 7.04. The number of hydrogen-bond acceptors (Lipinski definition) is 2. The Morgan fingerprint density at radius 1 is 1.00 bits per heavy atom. The Kier molecular flexibility index (Phi) is 11.1. The molecule has 3 nitrogen and oxygen atoms in total. The molecule has 0 aromatic carbocycles. The van der Waals surface area contributed by atoms with Gasteiger partial charge in [0.05, 0.1) is 12.2 Å². The summed E-state index contributed by atoms with van der Waals surface area (Å²) in [5.74, 6) is -0.887. The van der Waals surface area contributed by atoms with E-state index in [-0.39, 0.29) is 11.7 Å². The largest absolute Gasteiger partial charge is 0.478 e. The highest BCUT2D eigenvalue weighted by molar-refractivity contribution is 5.85. The Hall–Kier alpha value is -0.830. The predicted molar refractivity (Wildman–Crippen MR) is 95.7 cm³/mol. The first-order valence-electron chi connectivity index (χ1n) is 9.70. The summed E-state index contributed by atoms with van der Waals surface area (Å²) in [6.45, 7) is 5.93. The van der Waals surface area contributed by atoms with Crippen LogP contribution in [0.5, 0.6) is 0 Å². The minimum Gasteiger partial charge on any atom is -0.478 e. The summed E-state index contributed by atoms with van der Waals surface area (Å²) in [5.41, 5.74) is 0.287. The van der Waals surface area contributed by atoms with Crippen molar-refractivity contribution in [1.82, 2.24) is 0 Å². The second-order valence-corrected chi connectivity index (χ2v) is 7.04. The van der Waals surface area contributed by atoms with Crippen molar-refractivity contribution in [2.45, 2.75) is 109 Å². The molecule has 2 atom stereocenters. The molecule has 1 N–H and O–H groups in total. The van der Waals surface area contributed by atoms with Crippen molar-refractivity contribution in [3.63, 3.8) is 0 Å². The first-order valence-corrected chi connectivity index (χ1v) is 9.70. The van der Waals surface area contributed by atoms with Crippen LogP contribution in [-0.4, -0.2) is 23.3 Å². The molecule has 23 heavy (non-hydrogen) atoms. The highest BCUT2D eigenvalue weighted by atomic mass is 16.5. The average Bonchev–Trinajstić information content (AvgIpc) is 2.57. The highest BCUT2D eigenvalue weighted by Gasteiger charge is 2.20. The third-order valence-electron chi connectivity index (χ3n) is 4.84. The molecule has 0 radical (unpaired) electrons. The predicted octanol–water partition coefficient (Wildman–Crippen LogP) is 5.88. The van der Waals surface area contributed by atoms with Crippen molar-refractivity contribution >= 4 is 5.97 Å². The summed E-state index contributed by atoms with van der Waals surface area (Å²) < 4.78 is 6.36. The third-order valence-corrected chi connectivity index (χ3v) is 4.84. The van der Waals surface area contributed by atoms with E-state index >= 15 is 0 Å². The van der Waals surface area contributed by atoms with E-state index < -0.39 is 5.97 Å². The molecule has 1 heterocycles. The summed E-state index contributed by atoms with van der Waals surface area (Å²) in [4.78, 5) is 11.1. The fourth-order valence-electron chi connectivity index (χ4n) is 3.38. The third kappa shape index (κ3) is 9.80. The van der Waals surface area contributed by atoms with Gasteiger partial charge in [0, 0.05) is 12.0 Å². The lowest BCUT2D eigenvalue weighted by Gasteiger charge is -2.25. The van der Waals surface area contributed by atoms with Gasteiger partial charge in [0.15, 0.2) is 0 Å². The minimum absolute atomic E-state index is 0.0351. The Balaban J connectivity index is 2.55. The molecule has 0 saturated carbocycles. The minimum atomic E-state index is -0.887. The summed E-state index contributed by atoms with van der Waals surface area (Å²) in [6, 6.07) is 0. The van der Waals surface area contributed by atoms with Gasteiger partial charge < -0.3 is 9.84 Å². The molecule has 1 aliphatic rings. The molecular weight excluding hydrogens is 288 g/mol. The normalized spacial score (nSPS) is 23.9. The van der Waals surface area contributed by atoms with E-state index in [0.717, 1.165) is 25.7 Å². The molecule has 3 heteroatoms. The molecule has 134 valence electrons. The maximum absolute atomic E-state index is 11.1. The number of ether oxygens (including phenoxy) is 1. The van der Waals surface area contributed by atoms with E-state index in [0.29, 0.717) is 12.5 Å². The first-order chi connectivity index (χ1) is 11.1. The fourth-order valence-corrected chi connectivity index (χ4v) is 3.38. The number of carbonyl (C=O) groups is 1. The number of rotatable bonds is 8. The standard InChI is InChI=1S/C20H36O3/c1-3-4-5-10-13-18-14-11-8-6-7-9-12-15-19(23-18)16-17(2)20(21)22/h18-19H,2-16H2,1H3,(H,21,22).